The zero-order valence-electron chi connectivity index (χ0n) is 18.7. The first-order valence-electron chi connectivity index (χ1n) is 9.86. The molecule has 0 aromatic heterocycles. The van der Waals surface area contributed by atoms with Crippen LogP contribution < -0.4 is 4.46 Å². The number of rotatable bonds is 5. The van der Waals surface area contributed by atoms with Gasteiger partial charge in [-0.2, -0.15) is 0 Å². The van der Waals surface area contributed by atoms with Crippen LogP contribution in [0.2, 0.25) is 18.1 Å². The number of benzene rings is 1. The molecule has 1 aliphatic rings. The summed E-state index contributed by atoms with van der Waals surface area (Å²) in [6.45, 7) is 16.5. The Morgan fingerprint density at radius 1 is 1.10 bits per heavy atom. The summed E-state index contributed by atoms with van der Waals surface area (Å²) in [5, 5.41) is 0.0485. The van der Waals surface area contributed by atoms with Crippen LogP contribution in [-0.4, -0.2) is 58.4 Å². The SMILES string of the molecule is CC(C)(C)OC(=O)N1C(=O)C([Se]c2ccccc2)=C[C@@H]1CO[Si](C)(C)C(C)(C)C. The zero-order valence-corrected chi connectivity index (χ0v) is 21.5. The summed E-state index contributed by atoms with van der Waals surface area (Å²) >= 11 is -0.176. The summed E-state index contributed by atoms with van der Waals surface area (Å²) in [4.78, 5) is 27.1. The molecular weight excluding hydrogens is 449 g/mol. The second kappa shape index (κ2) is 8.76. The second-order valence-corrected chi connectivity index (χ2v) is 16.9. The van der Waals surface area contributed by atoms with Crippen molar-refractivity contribution < 1.29 is 18.8 Å². The summed E-state index contributed by atoms with van der Waals surface area (Å²) in [6.07, 6.45) is 1.29. The van der Waals surface area contributed by atoms with Gasteiger partial charge in [-0.05, 0) is 0 Å². The van der Waals surface area contributed by atoms with Crippen molar-refractivity contribution in [2.24, 2.45) is 0 Å². The monoisotopic (exact) mass is 483 g/mol. The third kappa shape index (κ3) is 6.29. The molecule has 0 unspecified atom stereocenters. The normalized spacial score (nSPS) is 18.1. The molecule has 5 nitrogen and oxygen atoms in total. The van der Waals surface area contributed by atoms with Gasteiger partial charge in [0.05, 0.1) is 0 Å². The van der Waals surface area contributed by atoms with Gasteiger partial charge in [-0.15, -0.1) is 0 Å². The number of imide groups is 1. The van der Waals surface area contributed by atoms with Crippen LogP contribution in [0.3, 0.4) is 0 Å². The molecule has 0 radical (unpaired) electrons. The Morgan fingerprint density at radius 2 is 1.69 bits per heavy atom. The fourth-order valence-electron chi connectivity index (χ4n) is 2.45. The van der Waals surface area contributed by atoms with Crippen LogP contribution in [0.1, 0.15) is 41.5 Å². The molecule has 1 aromatic rings. The first-order valence-corrected chi connectivity index (χ1v) is 14.5. The van der Waals surface area contributed by atoms with Crippen LogP contribution in [0.4, 0.5) is 4.79 Å². The van der Waals surface area contributed by atoms with E-state index >= 15 is 0 Å². The number of carbonyl (C=O) groups excluding carboxylic acids is 2. The van der Waals surface area contributed by atoms with Crippen molar-refractivity contribution in [2.45, 2.75) is 71.3 Å². The van der Waals surface area contributed by atoms with E-state index in [2.05, 4.69) is 33.9 Å². The van der Waals surface area contributed by atoms with E-state index in [1.807, 2.05) is 36.4 Å². The minimum absolute atomic E-state index is 0.0485. The van der Waals surface area contributed by atoms with E-state index in [1.165, 1.54) is 4.90 Å². The van der Waals surface area contributed by atoms with E-state index < -0.39 is 26.1 Å². The van der Waals surface area contributed by atoms with Crippen LogP contribution in [-0.2, 0) is 14.0 Å². The number of hydrogen-bond donors (Lipinski definition) is 0. The summed E-state index contributed by atoms with van der Waals surface area (Å²) in [5.41, 5.74) is -0.671. The van der Waals surface area contributed by atoms with E-state index in [1.54, 1.807) is 20.8 Å². The summed E-state index contributed by atoms with van der Waals surface area (Å²) in [5.74, 6) is -0.271. The van der Waals surface area contributed by atoms with Crippen LogP contribution in [0, 0.1) is 0 Å². The topological polar surface area (TPSA) is 55.8 Å². The van der Waals surface area contributed by atoms with Gasteiger partial charge in [0.1, 0.15) is 0 Å². The molecule has 1 aromatic carbocycles. The fraction of sp³-hybridized carbons (Fsp3) is 0.545. The van der Waals surface area contributed by atoms with E-state index in [0.29, 0.717) is 11.1 Å². The van der Waals surface area contributed by atoms with E-state index in [-0.39, 0.29) is 25.9 Å². The van der Waals surface area contributed by atoms with Gasteiger partial charge in [0.15, 0.2) is 0 Å². The molecule has 1 aliphatic heterocycles. The quantitative estimate of drug-likeness (QED) is 0.594. The van der Waals surface area contributed by atoms with Crippen molar-refractivity contribution in [1.29, 1.82) is 0 Å². The Morgan fingerprint density at radius 3 is 2.21 bits per heavy atom. The van der Waals surface area contributed by atoms with E-state index in [9.17, 15) is 9.59 Å². The van der Waals surface area contributed by atoms with Gasteiger partial charge in [-0.1, -0.05) is 0 Å². The van der Waals surface area contributed by atoms with E-state index in [0.717, 1.165) is 4.46 Å². The molecule has 160 valence electrons. The van der Waals surface area contributed by atoms with Gasteiger partial charge in [0.25, 0.3) is 0 Å². The molecule has 2 amide bonds. The van der Waals surface area contributed by atoms with Crippen LogP contribution in [0.15, 0.2) is 40.9 Å². The summed E-state index contributed by atoms with van der Waals surface area (Å²) in [7, 11) is -2.02. The molecule has 0 fully saturated rings. The second-order valence-electron chi connectivity index (χ2n) is 9.74. The number of hydrogen-bond acceptors (Lipinski definition) is 4. The maximum absolute atomic E-state index is 13.1. The standard InChI is InChI=1S/C22H33NO4SeSi/c1-21(2,3)27-20(25)23-16(15-26-29(7,8)22(4,5)6)14-18(19(23)24)28-17-12-10-9-11-13-17/h9-14,16H,15H2,1-8H3/t16-/m1/s1. The number of nitrogens with zero attached hydrogens (tertiary/aromatic N) is 1. The fourth-order valence-corrected chi connectivity index (χ4v) is 5.48. The van der Waals surface area contributed by atoms with Crippen molar-refractivity contribution in [3.63, 3.8) is 0 Å². The van der Waals surface area contributed by atoms with Crippen molar-refractivity contribution in [1.82, 2.24) is 4.90 Å². The molecule has 1 atom stereocenters. The van der Waals surface area contributed by atoms with Gasteiger partial charge in [-0.3, -0.25) is 0 Å². The summed E-state index contributed by atoms with van der Waals surface area (Å²) < 4.78 is 13.6. The average Bonchev–Trinajstić information content (AvgIpc) is 2.87. The Balaban J connectivity index is 2.25. The van der Waals surface area contributed by atoms with Gasteiger partial charge < -0.3 is 0 Å². The molecule has 0 N–H and O–H groups in total. The zero-order chi connectivity index (χ0) is 22.0. The predicted octanol–water partition coefficient (Wildman–Crippen LogP) is 4.07. The Bertz CT molecular complexity index is 778. The van der Waals surface area contributed by atoms with E-state index in [4.69, 9.17) is 9.16 Å². The third-order valence-corrected chi connectivity index (χ3v) is 11.8. The first-order chi connectivity index (χ1) is 13.2. The number of amides is 2. The molecule has 0 aliphatic carbocycles. The number of ether oxygens (including phenoxy) is 1. The first kappa shape index (κ1) is 23.9. The van der Waals surface area contributed by atoms with Crippen LogP contribution >= 0.6 is 0 Å². The Hall–Kier alpha value is -1.40. The van der Waals surface area contributed by atoms with Gasteiger partial charge >= 0.3 is 182 Å². The molecule has 0 saturated heterocycles. The van der Waals surface area contributed by atoms with Crippen molar-refractivity contribution in [2.75, 3.05) is 6.61 Å². The number of carbonyl (C=O) groups is 2. The molecule has 29 heavy (non-hydrogen) atoms. The molecule has 0 saturated carbocycles. The minimum atomic E-state index is -2.02. The molecule has 1 heterocycles. The van der Waals surface area contributed by atoms with Crippen molar-refractivity contribution in [3.05, 3.63) is 40.9 Å². The van der Waals surface area contributed by atoms with Crippen molar-refractivity contribution >= 4 is 39.7 Å². The van der Waals surface area contributed by atoms with Gasteiger partial charge in [0, 0.05) is 0 Å². The summed E-state index contributed by atoms with van der Waals surface area (Å²) in [6, 6.07) is 9.44. The molecule has 0 spiro atoms. The van der Waals surface area contributed by atoms with Crippen molar-refractivity contribution in [3.8, 4) is 0 Å². The molecule has 0 bridgehead atoms. The van der Waals surface area contributed by atoms with Crippen LogP contribution in [0.25, 0.3) is 0 Å². The molecule has 7 heteroatoms. The maximum atomic E-state index is 13.1. The average molecular weight is 483 g/mol. The molecular formula is C22H33NO4SeSi. The molecule has 2 rings (SSSR count). The Kier molecular flexibility index (Phi) is 7.21. The Labute approximate surface area is 182 Å². The van der Waals surface area contributed by atoms with Crippen LogP contribution in [0.5, 0.6) is 0 Å². The third-order valence-electron chi connectivity index (χ3n) is 5.09. The van der Waals surface area contributed by atoms with Gasteiger partial charge in [-0.25, -0.2) is 0 Å². The predicted molar refractivity (Wildman–Crippen MR) is 120 cm³/mol. The van der Waals surface area contributed by atoms with Gasteiger partial charge in [0.2, 0.25) is 0 Å².